The van der Waals surface area contributed by atoms with Crippen LogP contribution in [-0.4, -0.2) is 29.6 Å². The molecule has 5 nitrogen and oxygen atoms in total. The van der Waals surface area contributed by atoms with Crippen molar-refractivity contribution in [2.24, 2.45) is 17.6 Å². The number of nitrogens with two attached hydrogens (primary N) is 1. The third-order valence-corrected chi connectivity index (χ3v) is 2.65. The van der Waals surface area contributed by atoms with Crippen molar-refractivity contribution in [2.75, 3.05) is 6.54 Å². The SMILES string of the molecule is CC[C@H](NC(=O)CC(CN)CC(C)C)C(=O)O. The number of nitrogens with one attached hydrogen (secondary N) is 1. The van der Waals surface area contributed by atoms with Crippen LogP contribution < -0.4 is 11.1 Å². The van der Waals surface area contributed by atoms with Gasteiger partial charge >= 0.3 is 5.97 Å². The van der Waals surface area contributed by atoms with E-state index in [-0.39, 0.29) is 11.8 Å². The summed E-state index contributed by atoms with van der Waals surface area (Å²) in [6.07, 6.45) is 1.57. The van der Waals surface area contributed by atoms with Crippen LogP contribution in [0.2, 0.25) is 0 Å². The number of hydrogen-bond acceptors (Lipinski definition) is 3. The molecule has 1 unspecified atom stereocenters. The molecule has 0 radical (unpaired) electrons. The molecule has 0 fully saturated rings. The van der Waals surface area contributed by atoms with Gasteiger partial charge in [0, 0.05) is 6.42 Å². The Labute approximate surface area is 103 Å². The van der Waals surface area contributed by atoms with Gasteiger partial charge in [-0.3, -0.25) is 4.79 Å². The molecule has 0 heterocycles. The van der Waals surface area contributed by atoms with Gasteiger partial charge in [0.25, 0.3) is 0 Å². The first-order valence-corrected chi connectivity index (χ1v) is 6.12. The number of carbonyl (C=O) groups is 2. The largest absolute Gasteiger partial charge is 0.480 e. The standard InChI is InChI=1S/C12H24N2O3/c1-4-10(12(16)17)14-11(15)6-9(7-13)5-8(2)3/h8-10H,4-7,13H2,1-3H3,(H,14,15)(H,16,17)/t9?,10-/m0/s1. The Morgan fingerprint density at radius 2 is 1.94 bits per heavy atom. The average Bonchev–Trinajstić information content (AvgIpc) is 2.23. The smallest absolute Gasteiger partial charge is 0.326 e. The maximum absolute atomic E-state index is 11.6. The van der Waals surface area contributed by atoms with Crippen molar-refractivity contribution < 1.29 is 14.7 Å². The van der Waals surface area contributed by atoms with E-state index < -0.39 is 12.0 Å². The summed E-state index contributed by atoms with van der Waals surface area (Å²) >= 11 is 0. The van der Waals surface area contributed by atoms with Gasteiger partial charge in [-0.15, -0.1) is 0 Å². The molecule has 100 valence electrons. The molecule has 0 aliphatic carbocycles. The van der Waals surface area contributed by atoms with E-state index >= 15 is 0 Å². The molecule has 1 amide bonds. The van der Waals surface area contributed by atoms with Gasteiger partial charge in [-0.25, -0.2) is 4.79 Å². The quantitative estimate of drug-likeness (QED) is 0.593. The highest BCUT2D eigenvalue weighted by Crippen LogP contribution is 2.14. The van der Waals surface area contributed by atoms with Crippen molar-refractivity contribution in [2.45, 2.75) is 46.1 Å². The lowest BCUT2D eigenvalue weighted by Crippen LogP contribution is -2.41. The van der Waals surface area contributed by atoms with Crippen LogP contribution in [0.1, 0.15) is 40.0 Å². The minimum Gasteiger partial charge on any atom is -0.480 e. The zero-order chi connectivity index (χ0) is 13.4. The number of amides is 1. The molecule has 0 aromatic rings. The monoisotopic (exact) mass is 244 g/mol. The van der Waals surface area contributed by atoms with Gasteiger partial charge in [0.2, 0.25) is 5.91 Å². The molecule has 0 aromatic heterocycles. The summed E-state index contributed by atoms with van der Waals surface area (Å²) in [6, 6.07) is -0.792. The van der Waals surface area contributed by atoms with E-state index in [2.05, 4.69) is 19.2 Å². The van der Waals surface area contributed by atoms with E-state index in [1.807, 2.05) is 0 Å². The first-order valence-electron chi connectivity index (χ1n) is 6.12. The first kappa shape index (κ1) is 15.9. The third kappa shape index (κ3) is 6.94. The van der Waals surface area contributed by atoms with E-state index in [4.69, 9.17) is 10.8 Å². The molecule has 0 aliphatic rings. The van der Waals surface area contributed by atoms with Crippen LogP contribution in [0.25, 0.3) is 0 Å². The van der Waals surface area contributed by atoms with Gasteiger partial charge in [0.05, 0.1) is 0 Å². The van der Waals surface area contributed by atoms with Gasteiger partial charge in [-0.05, 0) is 31.2 Å². The number of hydrogen-bond donors (Lipinski definition) is 3. The fourth-order valence-corrected chi connectivity index (χ4v) is 1.78. The van der Waals surface area contributed by atoms with Crippen LogP contribution in [-0.2, 0) is 9.59 Å². The van der Waals surface area contributed by atoms with Crippen molar-refractivity contribution in [3.63, 3.8) is 0 Å². The van der Waals surface area contributed by atoms with Gasteiger partial charge in [-0.1, -0.05) is 20.8 Å². The van der Waals surface area contributed by atoms with Gasteiger partial charge in [0.15, 0.2) is 0 Å². The maximum Gasteiger partial charge on any atom is 0.326 e. The molecular formula is C12H24N2O3. The zero-order valence-electron chi connectivity index (χ0n) is 10.9. The Balaban J connectivity index is 4.18. The molecule has 0 aliphatic heterocycles. The minimum atomic E-state index is -0.992. The summed E-state index contributed by atoms with van der Waals surface area (Å²) in [5, 5.41) is 11.3. The predicted molar refractivity (Wildman–Crippen MR) is 66.5 cm³/mol. The zero-order valence-corrected chi connectivity index (χ0v) is 10.9. The molecule has 2 atom stereocenters. The minimum absolute atomic E-state index is 0.126. The Kier molecular flexibility index (Phi) is 7.54. The van der Waals surface area contributed by atoms with E-state index in [0.29, 0.717) is 25.3 Å². The van der Waals surface area contributed by atoms with Gasteiger partial charge in [0.1, 0.15) is 6.04 Å². The highest BCUT2D eigenvalue weighted by atomic mass is 16.4. The lowest BCUT2D eigenvalue weighted by molar-refractivity contribution is -0.142. The normalized spacial score (nSPS) is 14.4. The van der Waals surface area contributed by atoms with Gasteiger partial charge in [-0.2, -0.15) is 0 Å². The molecule has 0 rings (SSSR count). The van der Waals surface area contributed by atoms with Crippen molar-refractivity contribution in [3.05, 3.63) is 0 Å². The van der Waals surface area contributed by atoms with Crippen LogP contribution in [0.4, 0.5) is 0 Å². The molecule has 4 N–H and O–H groups in total. The highest BCUT2D eigenvalue weighted by Gasteiger charge is 2.20. The van der Waals surface area contributed by atoms with Crippen LogP contribution >= 0.6 is 0 Å². The molecule has 0 saturated carbocycles. The van der Waals surface area contributed by atoms with Crippen molar-refractivity contribution in [1.29, 1.82) is 0 Å². The lowest BCUT2D eigenvalue weighted by Gasteiger charge is -2.18. The number of rotatable bonds is 8. The molecule has 5 heteroatoms. The highest BCUT2D eigenvalue weighted by molar-refractivity contribution is 5.83. The van der Waals surface area contributed by atoms with Crippen LogP contribution in [0.3, 0.4) is 0 Å². The number of carboxylic acid groups (broad SMARTS) is 1. The molecule has 0 spiro atoms. The fraction of sp³-hybridized carbons (Fsp3) is 0.833. The molecule has 0 saturated heterocycles. The molecule has 17 heavy (non-hydrogen) atoms. The van der Waals surface area contributed by atoms with Crippen LogP contribution in [0, 0.1) is 11.8 Å². The third-order valence-electron chi connectivity index (χ3n) is 2.65. The lowest BCUT2D eigenvalue weighted by atomic mass is 9.94. The predicted octanol–water partition coefficient (Wildman–Crippen LogP) is 0.977. The second kappa shape index (κ2) is 8.06. The molecular weight excluding hydrogens is 220 g/mol. The molecule has 0 aromatic carbocycles. The topological polar surface area (TPSA) is 92.4 Å². The number of carboxylic acids is 1. The Hall–Kier alpha value is -1.10. The Morgan fingerprint density at radius 3 is 2.29 bits per heavy atom. The van der Waals surface area contributed by atoms with Crippen molar-refractivity contribution >= 4 is 11.9 Å². The molecule has 0 bridgehead atoms. The fourth-order valence-electron chi connectivity index (χ4n) is 1.78. The summed E-state index contributed by atoms with van der Waals surface area (Å²) in [6.45, 7) is 6.34. The van der Waals surface area contributed by atoms with E-state index in [1.165, 1.54) is 0 Å². The summed E-state index contributed by atoms with van der Waals surface area (Å²) < 4.78 is 0. The second-order valence-electron chi connectivity index (χ2n) is 4.80. The van der Waals surface area contributed by atoms with Crippen LogP contribution in [0.15, 0.2) is 0 Å². The van der Waals surface area contributed by atoms with E-state index in [9.17, 15) is 9.59 Å². The second-order valence-corrected chi connectivity index (χ2v) is 4.80. The van der Waals surface area contributed by atoms with Crippen LogP contribution in [0.5, 0.6) is 0 Å². The maximum atomic E-state index is 11.6. The Bertz CT molecular complexity index is 254. The van der Waals surface area contributed by atoms with E-state index in [0.717, 1.165) is 6.42 Å². The van der Waals surface area contributed by atoms with Crippen molar-refractivity contribution in [3.8, 4) is 0 Å². The Morgan fingerprint density at radius 1 is 1.35 bits per heavy atom. The summed E-state index contributed by atoms with van der Waals surface area (Å²) in [4.78, 5) is 22.4. The summed E-state index contributed by atoms with van der Waals surface area (Å²) in [7, 11) is 0. The summed E-state index contributed by atoms with van der Waals surface area (Å²) in [5.74, 6) is -0.608. The number of aliphatic carboxylic acids is 1. The van der Waals surface area contributed by atoms with Crippen molar-refractivity contribution in [1.82, 2.24) is 5.32 Å². The summed E-state index contributed by atoms with van der Waals surface area (Å²) in [5.41, 5.74) is 5.60. The van der Waals surface area contributed by atoms with E-state index in [1.54, 1.807) is 6.92 Å². The number of carbonyl (C=O) groups excluding carboxylic acids is 1. The first-order chi connectivity index (χ1) is 7.90. The van der Waals surface area contributed by atoms with Gasteiger partial charge < -0.3 is 16.2 Å². The average molecular weight is 244 g/mol.